The van der Waals surface area contributed by atoms with Gasteiger partial charge in [-0.05, 0) is 25.7 Å². The second-order valence-corrected chi connectivity index (χ2v) is 5.05. The van der Waals surface area contributed by atoms with Crippen molar-refractivity contribution < 1.29 is 53.0 Å². The summed E-state index contributed by atoms with van der Waals surface area (Å²) in [7, 11) is -2.02. The van der Waals surface area contributed by atoms with Crippen LogP contribution in [0.2, 0.25) is 0 Å². The van der Waals surface area contributed by atoms with Gasteiger partial charge in [0.15, 0.2) is 0 Å². The summed E-state index contributed by atoms with van der Waals surface area (Å²) >= 11 is 0. The van der Waals surface area contributed by atoms with Crippen molar-refractivity contribution in [1.82, 2.24) is 0 Å². The molecule has 0 aromatic carbocycles. The Morgan fingerprint density at radius 2 is 1.47 bits per heavy atom. The molecule has 0 N–H and O–H groups in total. The summed E-state index contributed by atoms with van der Waals surface area (Å²) in [5.41, 5.74) is 0. The van der Waals surface area contributed by atoms with E-state index >= 15 is 0 Å². The van der Waals surface area contributed by atoms with Crippen LogP contribution < -0.4 is 34.5 Å². The zero-order chi connectivity index (χ0) is 11.2. The molecule has 2 aliphatic heterocycles. The van der Waals surface area contributed by atoms with Crippen molar-refractivity contribution in [2.24, 2.45) is 0 Å². The van der Waals surface area contributed by atoms with E-state index in [1.165, 1.54) is 0 Å². The smallest absolute Gasteiger partial charge is 0.786 e. The number of rotatable bonds is 6. The van der Waals surface area contributed by atoms with E-state index < -0.39 is 8.60 Å². The van der Waals surface area contributed by atoms with Gasteiger partial charge in [0.2, 0.25) is 0 Å². The molecule has 0 radical (unpaired) electrons. The maximum Gasteiger partial charge on any atom is 1.00 e. The molecule has 2 fully saturated rings. The van der Waals surface area contributed by atoms with Crippen molar-refractivity contribution in [3.8, 4) is 0 Å². The van der Waals surface area contributed by atoms with Crippen LogP contribution in [0.25, 0.3) is 0 Å². The molecular weight excluding hydrogens is 254 g/mol. The second kappa shape index (κ2) is 9.18. The molecule has 2 rings (SSSR count). The van der Waals surface area contributed by atoms with E-state index in [0.717, 1.165) is 38.9 Å². The Morgan fingerprint density at radius 1 is 1.00 bits per heavy atom. The van der Waals surface area contributed by atoms with Gasteiger partial charge in [-0.3, -0.25) is 0 Å². The second-order valence-electron chi connectivity index (χ2n) is 4.09. The van der Waals surface area contributed by atoms with Crippen LogP contribution in [0, 0.1) is 0 Å². The van der Waals surface area contributed by atoms with Crippen LogP contribution in [-0.2, 0) is 18.5 Å². The zero-order valence-electron chi connectivity index (χ0n) is 10.3. The topological polar surface area (TPSA) is 60.0 Å². The van der Waals surface area contributed by atoms with Crippen molar-refractivity contribution in [3.05, 3.63) is 0 Å². The fourth-order valence-corrected chi connectivity index (χ4v) is 2.53. The minimum absolute atomic E-state index is 0. The van der Waals surface area contributed by atoms with Crippen LogP contribution >= 0.6 is 8.60 Å². The zero-order valence-corrected chi connectivity index (χ0v) is 13.2. The van der Waals surface area contributed by atoms with Crippen molar-refractivity contribution in [2.75, 3.05) is 26.4 Å². The fraction of sp³-hybridized carbons (Fsp3) is 1.00. The molecule has 0 saturated carbocycles. The van der Waals surface area contributed by atoms with E-state index in [2.05, 4.69) is 0 Å². The van der Waals surface area contributed by atoms with Crippen LogP contribution in [-0.4, -0.2) is 38.6 Å². The van der Waals surface area contributed by atoms with Gasteiger partial charge in [0.25, 0.3) is 0 Å². The summed E-state index contributed by atoms with van der Waals surface area (Å²) < 4.78 is 20.9. The maximum absolute atomic E-state index is 11.3. The minimum Gasteiger partial charge on any atom is -0.786 e. The molecule has 2 heterocycles. The molecule has 2 atom stereocenters. The van der Waals surface area contributed by atoms with E-state index in [1.807, 2.05) is 0 Å². The van der Waals surface area contributed by atoms with E-state index in [9.17, 15) is 4.89 Å². The summed E-state index contributed by atoms with van der Waals surface area (Å²) in [6, 6.07) is 0. The summed E-state index contributed by atoms with van der Waals surface area (Å²) in [4.78, 5) is 11.3. The fourth-order valence-electron chi connectivity index (χ4n) is 1.88. The quantitative estimate of drug-likeness (QED) is 0.412. The monoisotopic (exact) mass is 272 g/mol. The van der Waals surface area contributed by atoms with Crippen molar-refractivity contribution in [3.63, 3.8) is 0 Å². The molecular formula is C10H18NaO5P. The van der Waals surface area contributed by atoms with Gasteiger partial charge in [-0.2, -0.15) is 0 Å². The molecule has 5 nitrogen and oxygen atoms in total. The third kappa shape index (κ3) is 6.28. The normalized spacial score (nSPS) is 30.2. The van der Waals surface area contributed by atoms with E-state index in [1.54, 1.807) is 0 Å². The largest absolute Gasteiger partial charge is 1.00 e. The van der Waals surface area contributed by atoms with Crippen LogP contribution in [0.15, 0.2) is 0 Å². The Labute approximate surface area is 125 Å². The third-order valence-corrected chi connectivity index (χ3v) is 3.50. The Morgan fingerprint density at radius 3 is 1.82 bits per heavy atom. The standard InChI is InChI=1S/C10H18O5P.Na/c11-16(14-7-9-3-1-5-12-9)15-8-10-4-2-6-13-10;/h9-10H,1-8H2;/q-1;+1. The van der Waals surface area contributed by atoms with Gasteiger partial charge in [0, 0.05) is 13.2 Å². The Kier molecular flexibility index (Phi) is 8.80. The van der Waals surface area contributed by atoms with Crippen LogP contribution in [0.4, 0.5) is 0 Å². The average molecular weight is 272 g/mol. The van der Waals surface area contributed by atoms with Gasteiger partial charge in [0.05, 0.1) is 34.0 Å². The first-order valence-electron chi connectivity index (χ1n) is 5.81. The number of hydrogen-bond acceptors (Lipinski definition) is 5. The first-order valence-corrected chi connectivity index (χ1v) is 6.90. The van der Waals surface area contributed by atoms with Crippen molar-refractivity contribution >= 4 is 8.60 Å². The predicted molar refractivity (Wildman–Crippen MR) is 56.8 cm³/mol. The van der Waals surface area contributed by atoms with E-state index in [-0.39, 0.29) is 41.8 Å². The molecule has 94 valence electrons. The van der Waals surface area contributed by atoms with Gasteiger partial charge < -0.3 is 23.4 Å². The first-order chi connectivity index (χ1) is 7.84. The molecule has 2 saturated heterocycles. The molecule has 0 spiro atoms. The summed E-state index contributed by atoms with van der Waals surface area (Å²) in [6.45, 7) is 2.28. The third-order valence-electron chi connectivity index (χ3n) is 2.78. The first kappa shape index (κ1) is 16.3. The van der Waals surface area contributed by atoms with Gasteiger partial charge in [0.1, 0.15) is 0 Å². The van der Waals surface area contributed by atoms with E-state index in [0.29, 0.717) is 13.2 Å². The Balaban J connectivity index is 0.00000144. The summed E-state index contributed by atoms with van der Waals surface area (Å²) in [5.74, 6) is 0. The van der Waals surface area contributed by atoms with Gasteiger partial charge in [-0.1, -0.05) is 0 Å². The van der Waals surface area contributed by atoms with E-state index in [4.69, 9.17) is 18.5 Å². The summed E-state index contributed by atoms with van der Waals surface area (Å²) in [5, 5.41) is 0. The van der Waals surface area contributed by atoms with Crippen LogP contribution in [0.3, 0.4) is 0 Å². The van der Waals surface area contributed by atoms with Crippen LogP contribution in [0.1, 0.15) is 25.7 Å². The molecule has 7 heteroatoms. The molecule has 0 aliphatic carbocycles. The van der Waals surface area contributed by atoms with Gasteiger partial charge >= 0.3 is 29.6 Å². The van der Waals surface area contributed by atoms with Crippen molar-refractivity contribution in [2.45, 2.75) is 37.9 Å². The number of ether oxygens (including phenoxy) is 2. The average Bonchev–Trinajstić information content (AvgIpc) is 2.96. The van der Waals surface area contributed by atoms with Crippen LogP contribution in [0.5, 0.6) is 0 Å². The summed E-state index contributed by atoms with van der Waals surface area (Å²) in [6.07, 6.45) is 4.25. The SMILES string of the molecule is [Na+].[O-]P(OCC1CCCO1)OCC1CCCO1. The van der Waals surface area contributed by atoms with Gasteiger partial charge in [-0.25, -0.2) is 0 Å². The number of hydrogen-bond donors (Lipinski definition) is 0. The van der Waals surface area contributed by atoms with Crippen molar-refractivity contribution in [1.29, 1.82) is 0 Å². The molecule has 2 aliphatic rings. The molecule has 0 amide bonds. The Hall–Kier alpha value is 1.23. The molecule has 0 aromatic heterocycles. The maximum atomic E-state index is 11.3. The molecule has 0 bridgehead atoms. The molecule has 2 unspecified atom stereocenters. The molecule has 0 aromatic rings. The minimum atomic E-state index is -2.02. The molecule has 17 heavy (non-hydrogen) atoms. The van der Waals surface area contributed by atoms with Gasteiger partial charge in [-0.15, -0.1) is 0 Å². The predicted octanol–water partition coefficient (Wildman–Crippen LogP) is -2.03. The Bertz CT molecular complexity index is 177.